The van der Waals surface area contributed by atoms with Crippen molar-refractivity contribution in [3.63, 3.8) is 0 Å². The maximum Gasteiger partial charge on any atom is 0.471 e. The molecular weight excluding hydrogens is 533 g/mol. The first kappa shape index (κ1) is 25.3. The molecule has 18 heteroatoms. The minimum Gasteiger partial charge on any atom is -0.329 e. The lowest BCUT2D eigenvalue weighted by Crippen LogP contribution is -2.21. The summed E-state index contributed by atoms with van der Waals surface area (Å²) < 4.78 is 121. The number of aromatic nitrogens is 6. The predicted molar refractivity (Wildman–Crippen MR) is 103 cm³/mol. The number of halogens is 9. The van der Waals surface area contributed by atoms with Gasteiger partial charge in [-0.1, -0.05) is 5.16 Å². The molecule has 4 heterocycles. The lowest BCUT2D eigenvalue weighted by molar-refractivity contribution is -0.159. The highest BCUT2D eigenvalue weighted by molar-refractivity contribution is 7.15. The van der Waals surface area contributed by atoms with Crippen LogP contribution in [-0.4, -0.2) is 30.5 Å². The van der Waals surface area contributed by atoms with E-state index in [1.807, 2.05) is 0 Å². The molecular formula is C18H8F9N7OS. The Labute approximate surface area is 197 Å². The summed E-state index contributed by atoms with van der Waals surface area (Å²) in [6, 6.07) is 3.77. The number of hydrogen-bond donors (Lipinski definition) is 0. The van der Waals surface area contributed by atoms with Crippen molar-refractivity contribution in [2.45, 2.75) is 25.1 Å². The molecule has 0 atom stereocenters. The van der Waals surface area contributed by atoms with Crippen LogP contribution in [0.15, 0.2) is 41.2 Å². The molecule has 0 spiro atoms. The van der Waals surface area contributed by atoms with Crippen LogP contribution in [-0.2, 0) is 25.1 Å². The zero-order valence-corrected chi connectivity index (χ0v) is 17.8. The number of thiophene rings is 1. The second-order valence-electron chi connectivity index (χ2n) is 6.87. The quantitative estimate of drug-likeness (QED) is 0.294. The van der Waals surface area contributed by atoms with Gasteiger partial charge in [-0.25, -0.2) is 0 Å². The van der Waals surface area contributed by atoms with Crippen molar-refractivity contribution in [3.05, 3.63) is 58.6 Å². The van der Waals surface area contributed by atoms with Crippen molar-refractivity contribution in [2.75, 3.05) is 4.90 Å². The summed E-state index contributed by atoms with van der Waals surface area (Å²) in [5.74, 6) is -3.02. The van der Waals surface area contributed by atoms with Gasteiger partial charge in [0.15, 0.2) is 11.6 Å². The van der Waals surface area contributed by atoms with Gasteiger partial charge in [0.25, 0.3) is 0 Å². The van der Waals surface area contributed by atoms with Crippen LogP contribution in [0.1, 0.15) is 21.9 Å². The predicted octanol–water partition coefficient (Wildman–Crippen LogP) is 5.77. The average molecular weight is 541 g/mol. The molecule has 4 rings (SSSR count). The summed E-state index contributed by atoms with van der Waals surface area (Å²) in [5.41, 5.74) is -2.45. The van der Waals surface area contributed by atoms with Crippen LogP contribution in [0.3, 0.4) is 0 Å². The number of alkyl halides is 9. The van der Waals surface area contributed by atoms with Crippen molar-refractivity contribution in [3.8, 4) is 10.7 Å². The monoisotopic (exact) mass is 541 g/mol. The van der Waals surface area contributed by atoms with Crippen LogP contribution in [0.5, 0.6) is 0 Å². The molecule has 0 amide bonds. The van der Waals surface area contributed by atoms with Gasteiger partial charge in [-0.15, -0.1) is 21.5 Å². The standard InChI is InChI=1S/C18H8F9N7OS/c19-16(20,21)8-3-12(31-28-5-8)34(13-4-9(6-29-32-13)17(22,23)24)7-10-1-2-11(36-10)14-30-15(35-33-14)18(25,26)27/h1-6H,7H2. The summed E-state index contributed by atoms with van der Waals surface area (Å²) >= 11 is 0.812. The SMILES string of the molecule is FC(F)(F)c1cnnc(N(Cc2ccc(-c3noc(C(F)(F)F)n3)s2)c2cc(C(F)(F)F)cnn2)c1. The summed E-state index contributed by atoms with van der Waals surface area (Å²) in [7, 11) is 0. The lowest BCUT2D eigenvalue weighted by atomic mass is 10.2. The third-order valence-electron chi connectivity index (χ3n) is 4.36. The Morgan fingerprint density at radius 2 is 1.33 bits per heavy atom. The Hall–Kier alpha value is -3.83. The van der Waals surface area contributed by atoms with Crippen molar-refractivity contribution >= 4 is 23.0 Å². The summed E-state index contributed by atoms with van der Waals surface area (Å²) in [6.45, 7) is -0.402. The van der Waals surface area contributed by atoms with Crippen LogP contribution >= 0.6 is 11.3 Å². The fourth-order valence-electron chi connectivity index (χ4n) is 2.74. The molecule has 0 unspecified atom stereocenters. The molecule has 0 aliphatic heterocycles. The van der Waals surface area contributed by atoms with E-state index in [0.29, 0.717) is 24.5 Å². The third-order valence-corrected chi connectivity index (χ3v) is 5.42. The van der Waals surface area contributed by atoms with Crippen molar-refractivity contribution < 1.29 is 44.0 Å². The van der Waals surface area contributed by atoms with E-state index in [-0.39, 0.29) is 9.75 Å². The average Bonchev–Trinajstić information content (AvgIpc) is 3.46. The molecule has 190 valence electrons. The first-order valence-electron chi connectivity index (χ1n) is 9.29. The Balaban J connectivity index is 1.72. The molecule has 8 nitrogen and oxygen atoms in total. The molecule has 0 radical (unpaired) electrons. The summed E-state index contributed by atoms with van der Waals surface area (Å²) in [4.78, 5) is 4.48. The Morgan fingerprint density at radius 3 is 1.81 bits per heavy atom. The van der Waals surface area contributed by atoms with E-state index in [1.54, 1.807) is 0 Å². The van der Waals surface area contributed by atoms with Crippen molar-refractivity contribution in [2.24, 2.45) is 0 Å². The van der Waals surface area contributed by atoms with Crippen LogP contribution in [0.25, 0.3) is 10.7 Å². The fourth-order valence-corrected chi connectivity index (χ4v) is 3.66. The van der Waals surface area contributed by atoms with Gasteiger partial charge in [0.1, 0.15) is 0 Å². The molecule has 0 fully saturated rings. The topological polar surface area (TPSA) is 93.7 Å². The summed E-state index contributed by atoms with van der Waals surface area (Å²) in [5, 5.41) is 16.9. The van der Waals surface area contributed by atoms with Crippen LogP contribution in [0, 0.1) is 0 Å². The number of anilines is 2. The molecule has 4 aromatic rings. The molecule has 0 bridgehead atoms. The maximum absolute atomic E-state index is 13.2. The molecule has 0 aliphatic carbocycles. The minimum absolute atomic E-state index is 0.0921. The Bertz CT molecular complexity index is 1310. The van der Waals surface area contributed by atoms with Crippen LogP contribution in [0.2, 0.25) is 0 Å². The highest BCUT2D eigenvalue weighted by Gasteiger charge is 2.39. The van der Waals surface area contributed by atoms with E-state index in [2.05, 4.69) is 35.1 Å². The van der Waals surface area contributed by atoms with Crippen LogP contribution in [0.4, 0.5) is 51.1 Å². The molecule has 0 saturated carbocycles. The smallest absolute Gasteiger partial charge is 0.329 e. The molecule has 0 N–H and O–H groups in total. The largest absolute Gasteiger partial charge is 0.471 e. The number of hydrogen-bond acceptors (Lipinski definition) is 9. The van der Waals surface area contributed by atoms with Crippen LogP contribution < -0.4 is 4.90 Å². The molecule has 0 aromatic carbocycles. The molecule has 0 aliphatic rings. The second-order valence-corrected chi connectivity index (χ2v) is 8.04. The van der Waals surface area contributed by atoms with Gasteiger partial charge in [-0.2, -0.15) is 54.7 Å². The van der Waals surface area contributed by atoms with Gasteiger partial charge >= 0.3 is 24.4 Å². The normalized spacial score (nSPS) is 12.7. The van der Waals surface area contributed by atoms with E-state index >= 15 is 0 Å². The highest BCUT2D eigenvalue weighted by Crippen LogP contribution is 2.36. The molecule has 0 saturated heterocycles. The van der Waals surface area contributed by atoms with Gasteiger partial charge < -0.3 is 9.42 Å². The zero-order valence-electron chi connectivity index (χ0n) is 17.0. The minimum atomic E-state index is -4.88. The van der Waals surface area contributed by atoms with Gasteiger partial charge in [-0.05, 0) is 24.3 Å². The molecule has 36 heavy (non-hydrogen) atoms. The maximum atomic E-state index is 13.2. The Morgan fingerprint density at radius 1 is 0.778 bits per heavy atom. The fraction of sp³-hybridized carbons (Fsp3) is 0.222. The van der Waals surface area contributed by atoms with Gasteiger partial charge in [0, 0.05) is 4.88 Å². The summed E-state index contributed by atoms with van der Waals surface area (Å²) in [6.07, 6.45) is -13.7. The van der Waals surface area contributed by atoms with Gasteiger partial charge in [0.2, 0.25) is 5.82 Å². The first-order chi connectivity index (χ1) is 16.7. The van der Waals surface area contributed by atoms with Gasteiger partial charge in [0.05, 0.1) is 34.9 Å². The second kappa shape index (κ2) is 8.99. The number of nitrogens with zero attached hydrogens (tertiary/aromatic N) is 7. The van der Waals surface area contributed by atoms with E-state index in [1.165, 1.54) is 12.1 Å². The van der Waals surface area contributed by atoms with E-state index in [9.17, 15) is 39.5 Å². The lowest BCUT2D eigenvalue weighted by Gasteiger charge is -2.22. The highest BCUT2D eigenvalue weighted by atomic mass is 32.1. The zero-order chi connectivity index (χ0) is 26.3. The molecule has 4 aromatic heterocycles. The van der Waals surface area contributed by atoms with E-state index < -0.39 is 59.6 Å². The van der Waals surface area contributed by atoms with E-state index in [0.717, 1.165) is 16.2 Å². The van der Waals surface area contributed by atoms with Crippen molar-refractivity contribution in [1.29, 1.82) is 0 Å². The first-order valence-corrected chi connectivity index (χ1v) is 10.1. The third kappa shape index (κ3) is 5.52. The van der Waals surface area contributed by atoms with Gasteiger partial charge in [-0.3, -0.25) is 0 Å². The van der Waals surface area contributed by atoms with E-state index in [4.69, 9.17) is 0 Å². The van der Waals surface area contributed by atoms with Crippen molar-refractivity contribution in [1.82, 2.24) is 30.5 Å². The number of rotatable bonds is 5. The Kier molecular flexibility index (Phi) is 6.31.